The number of aromatic hydroxyl groups is 1. The standard InChI is InChI=1S/C15H19N3O2/c1-10-4-3-5-13(18-10)7-16-8-14-12(9-19)6-17-11(2)15(14)20/h3-6,16,19-20H,7-9H2,1-2H3. The van der Waals surface area contributed by atoms with Gasteiger partial charge in [0.25, 0.3) is 0 Å². The lowest BCUT2D eigenvalue weighted by Crippen LogP contribution is -2.16. The maximum absolute atomic E-state index is 10.0. The van der Waals surface area contributed by atoms with E-state index in [2.05, 4.69) is 15.3 Å². The average Bonchev–Trinajstić information content (AvgIpc) is 2.44. The number of hydrogen-bond acceptors (Lipinski definition) is 5. The van der Waals surface area contributed by atoms with Gasteiger partial charge in [-0.15, -0.1) is 0 Å². The zero-order valence-corrected chi connectivity index (χ0v) is 11.7. The number of pyridine rings is 2. The molecule has 0 fully saturated rings. The van der Waals surface area contributed by atoms with Crippen LogP contribution in [0.4, 0.5) is 0 Å². The van der Waals surface area contributed by atoms with Crippen LogP contribution in [0.5, 0.6) is 5.75 Å². The van der Waals surface area contributed by atoms with E-state index in [0.29, 0.717) is 29.9 Å². The van der Waals surface area contributed by atoms with Gasteiger partial charge < -0.3 is 15.5 Å². The second-order valence-electron chi connectivity index (χ2n) is 4.73. The largest absolute Gasteiger partial charge is 0.506 e. The predicted octanol–water partition coefficient (Wildman–Crippen LogP) is 1.58. The summed E-state index contributed by atoms with van der Waals surface area (Å²) in [4.78, 5) is 8.44. The van der Waals surface area contributed by atoms with Gasteiger partial charge in [-0.3, -0.25) is 9.97 Å². The summed E-state index contributed by atoms with van der Waals surface area (Å²) in [6, 6.07) is 5.86. The quantitative estimate of drug-likeness (QED) is 0.771. The van der Waals surface area contributed by atoms with Crippen LogP contribution < -0.4 is 5.32 Å². The second-order valence-corrected chi connectivity index (χ2v) is 4.73. The molecule has 5 nitrogen and oxygen atoms in total. The van der Waals surface area contributed by atoms with Crippen molar-refractivity contribution in [2.45, 2.75) is 33.5 Å². The molecular weight excluding hydrogens is 254 g/mol. The first-order chi connectivity index (χ1) is 9.61. The molecule has 0 aliphatic rings. The summed E-state index contributed by atoms with van der Waals surface area (Å²) in [6.07, 6.45) is 1.59. The number of nitrogens with zero attached hydrogens (tertiary/aromatic N) is 2. The molecule has 0 aliphatic carbocycles. The van der Waals surface area contributed by atoms with Crippen LogP contribution in [0.25, 0.3) is 0 Å². The van der Waals surface area contributed by atoms with Crippen molar-refractivity contribution < 1.29 is 10.2 Å². The van der Waals surface area contributed by atoms with E-state index in [1.807, 2.05) is 25.1 Å². The molecule has 0 atom stereocenters. The van der Waals surface area contributed by atoms with Gasteiger partial charge in [0.2, 0.25) is 0 Å². The van der Waals surface area contributed by atoms with E-state index in [1.165, 1.54) is 0 Å². The fraction of sp³-hybridized carbons (Fsp3) is 0.333. The Morgan fingerprint density at radius 1 is 1.20 bits per heavy atom. The summed E-state index contributed by atoms with van der Waals surface area (Å²) in [5.41, 5.74) is 3.81. The van der Waals surface area contributed by atoms with Gasteiger partial charge in [0.1, 0.15) is 5.75 Å². The van der Waals surface area contributed by atoms with E-state index in [9.17, 15) is 10.2 Å². The third kappa shape index (κ3) is 3.31. The summed E-state index contributed by atoms with van der Waals surface area (Å²) >= 11 is 0. The summed E-state index contributed by atoms with van der Waals surface area (Å²) in [6.45, 7) is 4.61. The van der Waals surface area contributed by atoms with Crippen molar-refractivity contribution in [3.8, 4) is 5.75 Å². The van der Waals surface area contributed by atoms with Crippen molar-refractivity contribution in [3.05, 3.63) is 52.6 Å². The molecule has 0 bridgehead atoms. The van der Waals surface area contributed by atoms with E-state index >= 15 is 0 Å². The molecule has 0 aromatic carbocycles. The fourth-order valence-electron chi connectivity index (χ4n) is 2.03. The smallest absolute Gasteiger partial charge is 0.141 e. The van der Waals surface area contributed by atoms with Crippen LogP contribution in [0.15, 0.2) is 24.4 Å². The molecule has 0 unspecified atom stereocenters. The molecule has 106 valence electrons. The van der Waals surface area contributed by atoms with E-state index in [0.717, 1.165) is 11.4 Å². The van der Waals surface area contributed by atoms with Crippen molar-refractivity contribution in [2.24, 2.45) is 0 Å². The van der Waals surface area contributed by atoms with Crippen molar-refractivity contribution >= 4 is 0 Å². The molecule has 0 radical (unpaired) electrons. The van der Waals surface area contributed by atoms with Crippen molar-refractivity contribution in [2.75, 3.05) is 0 Å². The Labute approximate surface area is 118 Å². The molecule has 2 aromatic heterocycles. The van der Waals surface area contributed by atoms with Crippen LogP contribution in [0.1, 0.15) is 28.2 Å². The van der Waals surface area contributed by atoms with Gasteiger partial charge in [0.05, 0.1) is 18.0 Å². The first-order valence-electron chi connectivity index (χ1n) is 6.52. The number of aryl methyl sites for hydroxylation is 2. The highest BCUT2D eigenvalue weighted by Crippen LogP contribution is 2.23. The Morgan fingerprint density at radius 2 is 2.00 bits per heavy atom. The summed E-state index contributed by atoms with van der Waals surface area (Å²) in [5, 5.41) is 22.5. The van der Waals surface area contributed by atoms with Gasteiger partial charge in [-0.1, -0.05) is 6.07 Å². The SMILES string of the molecule is Cc1cccc(CNCc2c(CO)cnc(C)c2O)n1. The van der Waals surface area contributed by atoms with Gasteiger partial charge in [0.15, 0.2) is 0 Å². The van der Waals surface area contributed by atoms with E-state index < -0.39 is 0 Å². The molecule has 20 heavy (non-hydrogen) atoms. The molecule has 3 N–H and O–H groups in total. The van der Waals surface area contributed by atoms with Gasteiger partial charge in [-0.2, -0.15) is 0 Å². The minimum atomic E-state index is -0.138. The van der Waals surface area contributed by atoms with Gasteiger partial charge in [-0.05, 0) is 26.0 Å². The monoisotopic (exact) mass is 273 g/mol. The Hall–Kier alpha value is -1.98. The number of aromatic nitrogens is 2. The molecule has 0 amide bonds. The third-order valence-electron chi connectivity index (χ3n) is 3.15. The number of hydrogen-bond donors (Lipinski definition) is 3. The molecule has 0 saturated carbocycles. The van der Waals surface area contributed by atoms with Crippen LogP contribution >= 0.6 is 0 Å². The normalized spacial score (nSPS) is 10.8. The van der Waals surface area contributed by atoms with Crippen LogP contribution in [-0.2, 0) is 19.7 Å². The zero-order valence-electron chi connectivity index (χ0n) is 11.7. The summed E-state index contributed by atoms with van der Waals surface area (Å²) < 4.78 is 0. The highest BCUT2D eigenvalue weighted by Gasteiger charge is 2.10. The Balaban J connectivity index is 2.06. The van der Waals surface area contributed by atoms with E-state index in [1.54, 1.807) is 13.1 Å². The molecular formula is C15H19N3O2. The Bertz CT molecular complexity index is 600. The molecule has 2 aromatic rings. The lowest BCUT2D eigenvalue weighted by molar-refractivity contribution is 0.278. The highest BCUT2D eigenvalue weighted by atomic mass is 16.3. The van der Waals surface area contributed by atoms with Gasteiger partial charge in [0, 0.05) is 36.1 Å². The lowest BCUT2D eigenvalue weighted by Gasteiger charge is -2.12. The molecule has 0 aliphatic heterocycles. The molecule has 2 heterocycles. The van der Waals surface area contributed by atoms with Crippen LogP contribution in [0.3, 0.4) is 0 Å². The number of rotatable bonds is 5. The van der Waals surface area contributed by atoms with Crippen molar-refractivity contribution in [3.63, 3.8) is 0 Å². The predicted molar refractivity (Wildman–Crippen MR) is 76.1 cm³/mol. The lowest BCUT2D eigenvalue weighted by atomic mass is 10.1. The van der Waals surface area contributed by atoms with E-state index in [-0.39, 0.29) is 12.4 Å². The van der Waals surface area contributed by atoms with Crippen molar-refractivity contribution in [1.82, 2.24) is 15.3 Å². The van der Waals surface area contributed by atoms with E-state index in [4.69, 9.17) is 0 Å². The second kappa shape index (κ2) is 6.45. The summed E-state index contributed by atoms with van der Waals surface area (Å²) in [5.74, 6) is 0.140. The first-order valence-corrected chi connectivity index (χ1v) is 6.52. The van der Waals surface area contributed by atoms with Crippen LogP contribution in [-0.4, -0.2) is 20.2 Å². The first kappa shape index (κ1) is 14.4. The Kier molecular flexibility index (Phi) is 4.65. The molecule has 0 spiro atoms. The minimum absolute atomic E-state index is 0.138. The summed E-state index contributed by atoms with van der Waals surface area (Å²) in [7, 11) is 0. The van der Waals surface area contributed by atoms with Gasteiger partial charge >= 0.3 is 0 Å². The topological polar surface area (TPSA) is 78.3 Å². The molecule has 5 heteroatoms. The zero-order chi connectivity index (χ0) is 14.5. The number of nitrogens with one attached hydrogen (secondary N) is 1. The number of aliphatic hydroxyl groups excluding tert-OH is 1. The molecule has 0 saturated heterocycles. The highest BCUT2D eigenvalue weighted by molar-refractivity contribution is 5.40. The van der Waals surface area contributed by atoms with Crippen LogP contribution in [0.2, 0.25) is 0 Å². The minimum Gasteiger partial charge on any atom is -0.506 e. The molecule has 2 rings (SSSR count). The third-order valence-corrected chi connectivity index (χ3v) is 3.15. The number of aliphatic hydroxyl groups is 1. The van der Waals surface area contributed by atoms with Crippen molar-refractivity contribution in [1.29, 1.82) is 0 Å². The Morgan fingerprint density at radius 3 is 2.70 bits per heavy atom. The van der Waals surface area contributed by atoms with Crippen LogP contribution in [0, 0.1) is 13.8 Å². The maximum Gasteiger partial charge on any atom is 0.141 e. The average molecular weight is 273 g/mol. The fourth-order valence-corrected chi connectivity index (χ4v) is 2.03. The maximum atomic E-state index is 10.0. The van der Waals surface area contributed by atoms with Gasteiger partial charge in [-0.25, -0.2) is 0 Å².